The van der Waals surface area contributed by atoms with E-state index < -0.39 is 5.60 Å². The molecular formula is C30H38N8O2. The van der Waals surface area contributed by atoms with Crippen molar-refractivity contribution in [1.82, 2.24) is 25.2 Å². The van der Waals surface area contributed by atoms with E-state index >= 15 is 0 Å². The van der Waals surface area contributed by atoms with Crippen LogP contribution in [-0.4, -0.2) is 68.6 Å². The van der Waals surface area contributed by atoms with Crippen LogP contribution >= 0.6 is 0 Å². The second kappa shape index (κ2) is 11.2. The lowest BCUT2D eigenvalue weighted by atomic mass is 10.1. The summed E-state index contributed by atoms with van der Waals surface area (Å²) in [6.45, 7) is 14.0. The predicted molar refractivity (Wildman–Crippen MR) is 158 cm³/mol. The molecule has 3 aromatic rings. The number of nitrogens with one attached hydrogen (secondary N) is 3. The molecule has 10 heteroatoms. The number of anilines is 5. The minimum atomic E-state index is -1.12. The number of amides is 1. The van der Waals surface area contributed by atoms with Crippen LogP contribution in [0.4, 0.5) is 29.0 Å². The number of rotatable bonds is 10. The molecule has 2 aliphatic rings. The van der Waals surface area contributed by atoms with Gasteiger partial charge >= 0.3 is 0 Å². The molecule has 2 aliphatic heterocycles. The number of fused-ring (bicyclic) bond motifs is 2. The maximum atomic E-state index is 12.8. The lowest BCUT2D eigenvalue weighted by molar-refractivity contribution is 0.0740. The van der Waals surface area contributed by atoms with Gasteiger partial charge in [0.25, 0.3) is 5.91 Å². The first-order chi connectivity index (χ1) is 19.1. The van der Waals surface area contributed by atoms with E-state index in [0.717, 1.165) is 18.8 Å². The van der Waals surface area contributed by atoms with E-state index in [0.29, 0.717) is 47.9 Å². The average molecular weight is 543 g/mol. The maximum Gasteiger partial charge on any atom is 0.256 e. The molecule has 2 aromatic heterocycles. The van der Waals surface area contributed by atoms with Crippen LogP contribution in [0.25, 0.3) is 0 Å². The minimum Gasteiger partial charge on any atom is -0.384 e. The smallest absolute Gasteiger partial charge is 0.256 e. The van der Waals surface area contributed by atoms with E-state index in [1.165, 1.54) is 18.3 Å². The highest BCUT2D eigenvalue weighted by Crippen LogP contribution is 2.36. The van der Waals surface area contributed by atoms with Gasteiger partial charge in [0, 0.05) is 55.3 Å². The van der Waals surface area contributed by atoms with Crippen molar-refractivity contribution in [3.8, 4) is 0 Å². The van der Waals surface area contributed by atoms with Gasteiger partial charge in [-0.25, -0.2) is 9.97 Å². The monoisotopic (exact) mass is 542 g/mol. The van der Waals surface area contributed by atoms with Crippen molar-refractivity contribution in [3.63, 3.8) is 0 Å². The van der Waals surface area contributed by atoms with Crippen LogP contribution in [-0.2, 0) is 5.60 Å². The van der Waals surface area contributed by atoms with Crippen LogP contribution in [0.15, 0.2) is 61.3 Å². The Hall–Kier alpha value is -4.02. The van der Waals surface area contributed by atoms with Crippen LogP contribution < -0.4 is 20.9 Å². The highest BCUT2D eigenvalue weighted by Gasteiger charge is 2.43. The third-order valence-electron chi connectivity index (χ3n) is 7.46. The van der Waals surface area contributed by atoms with E-state index in [2.05, 4.69) is 73.3 Å². The first kappa shape index (κ1) is 27.5. The molecule has 1 aromatic carbocycles. The molecule has 2 saturated heterocycles. The van der Waals surface area contributed by atoms with E-state index in [1.54, 1.807) is 38.1 Å². The molecule has 40 heavy (non-hydrogen) atoms. The molecule has 0 spiro atoms. The molecule has 210 valence electrons. The molecule has 0 radical (unpaired) electrons. The number of aliphatic hydroxyl groups is 1. The molecular weight excluding hydrogens is 504 g/mol. The lowest BCUT2D eigenvalue weighted by Crippen LogP contribution is -2.48. The number of carbonyl (C=O) groups is 1. The van der Waals surface area contributed by atoms with Crippen LogP contribution in [0.3, 0.4) is 0 Å². The Morgan fingerprint density at radius 2 is 1.90 bits per heavy atom. The van der Waals surface area contributed by atoms with E-state index in [-0.39, 0.29) is 11.5 Å². The number of benzene rings is 1. The summed E-state index contributed by atoms with van der Waals surface area (Å²) in [5.41, 5.74) is 1.70. The summed E-state index contributed by atoms with van der Waals surface area (Å²) in [5, 5.41) is 19.5. The lowest BCUT2D eigenvalue weighted by Gasteiger charge is -2.37. The summed E-state index contributed by atoms with van der Waals surface area (Å²) in [6, 6.07) is 15.4. The summed E-state index contributed by atoms with van der Waals surface area (Å²) < 4.78 is 0. The highest BCUT2D eigenvalue weighted by atomic mass is 16.3. The Bertz CT molecular complexity index is 1370. The van der Waals surface area contributed by atoms with Crippen molar-refractivity contribution in [1.29, 1.82) is 0 Å². The van der Waals surface area contributed by atoms with Crippen molar-refractivity contribution >= 4 is 34.9 Å². The number of hydrogen-bond acceptors (Lipinski definition) is 9. The molecule has 0 saturated carbocycles. The third-order valence-corrected chi connectivity index (χ3v) is 7.46. The Kier molecular flexibility index (Phi) is 7.73. The third kappa shape index (κ3) is 5.93. The number of nitrogens with zero attached hydrogens (tertiary/aromatic N) is 5. The SMILES string of the molecule is C=CCNC(=O)c1cnc(Nc2ccc(N3CC4CC3CN4C(C)C)cc2)nc1Nc1cccc(C(C)(C)O)n1. The van der Waals surface area contributed by atoms with Gasteiger partial charge in [0.05, 0.1) is 5.69 Å². The number of likely N-dealkylation sites (tertiary alicyclic amines) is 1. The number of aromatic nitrogens is 3. The van der Waals surface area contributed by atoms with E-state index in [9.17, 15) is 9.90 Å². The fourth-order valence-electron chi connectivity index (χ4n) is 5.44. The molecule has 2 atom stereocenters. The molecule has 5 rings (SSSR count). The second-order valence-corrected chi connectivity index (χ2v) is 11.2. The summed E-state index contributed by atoms with van der Waals surface area (Å²) in [5.74, 6) is 0.732. The van der Waals surface area contributed by atoms with Crippen LogP contribution in [0.5, 0.6) is 0 Å². The zero-order valence-corrected chi connectivity index (χ0v) is 23.6. The van der Waals surface area contributed by atoms with Gasteiger partial charge in [0.15, 0.2) is 0 Å². The maximum absolute atomic E-state index is 12.8. The number of carbonyl (C=O) groups excluding carboxylic acids is 1. The standard InChI is InChI=1S/C30H38N8O2/c1-6-14-31-28(39)24-16-32-29(36-27(24)35-26-9-7-8-25(34-26)30(4,5)40)33-20-10-12-21(13-11-20)38-18-22-15-23(38)17-37(22)19(2)3/h6-13,16,19,22-23,40H,1,14-15,17-18H2,2-5H3,(H,31,39)(H2,32,33,34,35,36). The Morgan fingerprint density at radius 1 is 1.12 bits per heavy atom. The van der Waals surface area contributed by atoms with Gasteiger partial charge in [-0.1, -0.05) is 12.1 Å². The Morgan fingerprint density at radius 3 is 2.55 bits per heavy atom. The highest BCUT2D eigenvalue weighted by molar-refractivity contribution is 5.99. The molecule has 4 heterocycles. The summed E-state index contributed by atoms with van der Waals surface area (Å²) >= 11 is 0. The fraction of sp³-hybridized carbons (Fsp3) is 0.400. The predicted octanol–water partition coefficient (Wildman–Crippen LogP) is 4.17. The first-order valence-corrected chi connectivity index (χ1v) is 13.7. The van der Waals surface area contributed by atoms with Crippen molar-refractivity contribution in [2.24, 2.45) is 0 Å². The number of pyridine rings is 1. The minimum absolute atomic E-state index is 0.262. The molecule has 4 N–H and O–H groups in total. The second-order valence-electron chi connectivity index (χ2n) is 11.2. The molecule has 0 aliphatic carbocycles. The zero-order chi connectivity index (χ0) is 28.4. The molecule has 10 nitrogen and oxygen atoms in total. The Labute approximate surface area is 235 Å². The summed E-state index contributed by atoms with van der Waals surface area (Å²) in [4.78, 5) is 31.4. The van der Waals surface area contributed by atoms with Gasteiger partial charge in [-0.05, 0) is 70.5 Å². The first-order valence-electron chi connectivity index (χ1n) is 13.7. The van der Waals surface area contributed by atoms with Crippen molar-refractivity contribution in [3.05, 3.63) is 72.6 Å². The van der Waals surface area contributed by atoms with Gasteiger partial charge < -0.3 is 26.0 Å². The van der Waals surface area contributed by atoms with Crippen molar-refractivity contribution in [2.75, 3.05) is 35.2 Å². The quantitative estimate of drug-likeness (QED) is 0.280. The van der Waals surface area contributed by atoms with Crippen LogP contribution in [0.2, 0.25) is 0 Å². The van der Waals surface area contributed by atoms with Gasteiger partial charge in [0.1, 0.15) is 22.8 Å². The van der Waals surface area contributed by atoms with Gasteiger partial charge in [-0.3, -0.25) is 9.69 Å². The van der Waals surface area contributed by atoms with E-state index in [1.807, 2.05) is 12.1 Å². The molecule has 2 fully saturated rings. The molecule has 1 amide bonds. The molecule has 2 bridgehead atoms. The topological polar surface area (TPSA) is 119 Å². The summed E-state index contributed by atoms with van der Waals surface area (Å²) in [7, 11) is 0. The van der Waals surface area contributed by atoms with E-state index in [4.69, 9.17) is 0 Å². The Balaban J connectivity index is 1.34. The van der Waals surface area contributed by atoms with Crippen LogP contribution in [0, 0.1) is 0 Å². The number of piperazine rings is 1. The zero-order valence-electron chi connectivity index (χ0n) is 23.6. The normalized spacial score (nSPS) is 18.7. The van der Waals surface area contributed by atoms with Crippen molar-refractivity contribution < 1.29 is 9.90 Å². The van der Waals surface area contributed by atoms with Gasteiger partial charge in [-0.15, -0.1) is 6.58 Å². The van der Waals surface area contributed by atoms with Crippen molar-refractivity contribution in [2.45, 2.75) is 57.8 Å². The van der Waals surface area contributed by atoms with Crippen LogP contribution in [0.1, 0.15) is 50.2 Å². The fourth-order valence-corrected chi connectivity index (χ4v) is 5.44. The average Bonchev–Trinajstić information content (AvgIpc) is 3.54. The summed E-state index contributed by atoms with van der Waals surface area (Å²) in [6.07, 6.45) is 4.31. The largest absolute Gasteiger partial charge is 0.384 e. The molecule has 2 unspecified atom stereocenters. The van der Waals surface area contributed by atoms with Gasteiger partial charge in [-0.2, -0.15) is 4.98 Å². The number of hydrogen-bond donors (Lipinski definition) is 4. The van der Waals surface area contributed by atoms with Gasteiger partial charge in [0.2, 0.25) is 5.95 Å².